The lowest BCUT2D eigenvalue weighted by Gasteiger charge is -2.33. The normalized spacial score (nSPS) is 12.9. The van der Waals surface area contributed by atoms with Crippen LogP contribution in [0, 0.1) is 13.8 Å². The lowest BCUT2D eigenvalue weighted by Crippen LogP contribution is -2.52. The Morgan fingerprint density at radius 1 is 0.949 bits per heavy atom. The number of nitrogens with zero attached hydrogens (tertiary/aromatic N) is 2. The van der Waals surface area contributed by atoms with Crippen molar-refractivity contribution in [2.75, 3.05) is 10.8 Å². The minimum atomic E-state index is -4.10. The number of anilines is 1. The fourth-order valence-corrected chi connectivity index (χ4v) is 5.91. The van der Waals surface area contributed by atoms with Gasteiger partial charge in [-0.3, -0.25) is 13.9 Å². The zero-order valence-corrected chi connectivity index (χ0v) is 24.6. The molecule has 0 bridgehead atoms. The fraction of sp³-hybridized carbons (Fsp3) is 0.333. The SMILES string of the molecule is CC[C@@H](C)NC(=O)[C@@H](C)N(Cc1cccc(Cl)c1)C(=O)CN(c1ccc(C)cc1C)S(=O)(=O)c1ccccc1. The largest absolute Gasteiger partial charge is 0.352 e. The smallest absolute Gasteiger partial charge is 0.264 e. The number of hydrogen-bond acceptors (Lipinski definition) is 4. The van der Waals surface area contributed by atoms with Crippen LogP contribution in [0.4, 0.5) is 5.69 Å². The van der Waals surface area contributed by atoms with Crippen LogP contribution in [0.3, 0.4) is 0 Å². The standard InChI is InChI=1S/C30H36ClN3O4S/c1-6-23(4)32-30(36)24(5)33(19-25-11-10-12-26(31)18-25)29(35)20-34(28-16-15-21(2)17-22(28)3)39(37,38)27-13-8-7-9-14-27/h7-18,23-24H,6,19-20H2,1-5H3,(H,32,36)/t23-,24-/m1/s1. The van der Waals surface area contributed by atoms with Crippen LogP contribution in [0.2, 0.25) is 5.02 Å². The molecule has 0 radical (unpaired) electrons. The van der Waals surface area contributed by atoms with Gasteiger partial charge in [0.05, 0.1) is 10.6 Å². The molecule has 0 saturated heterocycles. The summed E-state index contributed by atoms with van der Waals surface area (Å²) in [4.78, 5) is 28.6. The molecule has 39 heavy (non-hydrogen) atoms. The number of nitrogens with one attached hydrogen (secondary N) is 1. The van der Waals surface area contributed by atoms with E-state index >= 15 is 0 Å². The number of rotatable bonds is 11. The molecule has 2 amide bonds. The average Bonchev–Trinajstić information content (AvgIpc) is 2.90. The Morgan fingerprint density at radius 2 is 1.64 bits per heavy atom. The number of carbonyl (C=O) groups excluding carboxylic acids is 2. The first-order valence-corrected chi connectivity index (χ1v) is 14.7. The molecule has 9 heteroatoms. The summed E-state index contributed by atoms with van der Waals surface area (Å²) >= 11 is 6.19. The Hall–Kier alpha value is -3.36. The number of benzene rings is 3. The molecule has 0 unspecified atom stereocenters. The number of sulfonamides is 1. The van der Waals surface area contributed by atoms with Crippen LogP contribution < -0.4 is 9.62 Å². The van der Waals surface area contributed by atoms with Gasteiger partial charge in [0.15, 0.2) is 0 Å². The average molecular weight is 570 g/mol. The van der Waals surface area contributed by atoms with Gasteiger partial charge in [0.2, 0.25) is 11.8 Å². The van der Waals surface area contributed by atoms with E-state index in [0.717, 1.165) is 21.9 Å². The number of hydrogen-bond donors (Lipinski definition) is 1. The highest BCUT2D eigenvalue weighted by Crippen LogP contribution is 2.28. The van der Waals surface area contributed by atoms with E-state index in [4.69, 9.17) is 11.6 Å². The van der Waals surface area contributed by atoms with Gasteiger partial charge in [-0.1, -0.05) is 66.6 Å². The summed E-state index contributed by atoms with van der Waals surface area (Å²) in [5.41, 5.74) is 2.81. The van der Waals surface area contributed by atoms with Crippen molar-refractivity contribution < 1.29 is 18.0 Å². The third-order valence-electron chi connectivity index (χ3n) is 6.64. The number of aryl methyl sites for hydroxylation is 2. The van der Waals surface area contributed by atoms with E-state index in [1.807, 2.05) is 45.9 Å². The molecule has 0 aliphatic heterocycles. The first-order valence-electron chi connectivity index (χ1n) is 12.9. The van der Waals surface area contributed by atoms with Crippen LogP contribution >= 0.6 is 11.6 Å². The first kappa shape index (κ1) is 30.2. The molecule has 1 N–H and O–H groups in total. The van der Waals surface area contributed by atoms with Crippen LogP contribution in [-0.4, -0.2) is 43.8 Å². The van der Waals surface area contributed by atoms with Gasteiger partial charge in [0.1, 0.15) is 12.6 Å². The Bertz CT molecular complexity index is 1410. The highest BCUT2D eigenvalue weighted by atomic mass is 35.5. The van der Waals surface area contributed by atoms with Gasteiger partial charge in [-0.2, -0.15) is 0 Å². The summed E-state index contributed by atoms with van der Waals surface area (Å²) in [6, 6.07) is 19.5. The molecule has 0 spiro atoms. The van der Waals surface area contributed by atoms with Gasteiger partial charge < -0.3 is 10.2 Å². The number of amides is 2. The highest BCUT2D eigenvalue weighted by Gasteiger charge is 2.33. The minimum Gasteiger partial charge on any atom is -0.352 e. The van der Waals surface area contributed by atoms with Crippen molar-refractivity contribution >= 4 is 39.1 Å². The van der Waals surface area contributed by atoms with Gasteiger partial charge in [0, 0.05) is 17.6 Å². The van der Waals surface area contributed by atoms with E-state index in [9.17, 15) is 18.0 Å². The van der Waals surface area contributed by atoms with Crippen LogP contribution in [0.25, 0.3) is 0 Å². The van der Waals surface area contributed by atoms with Gasteiger partial charge in [-0.05, 0) is 75.6 Å². The van der Waals surface area contributed by atoms with Gasteiger partial charge in [0.25, 0.3) is 10.0 Å². The number of carbonyl (C=O) groups is 2. The first-order chi connectivity index (χ1) is 18.4. The summed E-state index contributed by atoms with van der Waals surface area (Å²) in [7, 11) is -4.10. The van der Waals surface area contributed by atoms with E-state index in [1.165, 1.54) is 17.0 Å². The van der Waals surface area contributed by atoms with E-state index in [2.05, 4.69) is 5.32 Å². The molecule has 208 valence electrons. The molecule has 0 aliphatic carbocycles. The predicted octanol–water partition coefficient (Wildman–Crippen LogP) is 5.48. The van der Waals surface area contributed by atoms with Crippen molar-refractivity contribution in [1.29, 1.82) is 0 Å². The molecule has 2 atom stereocenters. The lowest BCUT2D eigenvalue weighted by molar-refractivity contribution is -0.139. The quantitative estimate of drug-likeness (QED) is 0.331. The minimum absolute atomic E-state index is 0.0710. The van der Waals surface area contributed by atoms with Crippen LogP contribution in [0.5, 0.6) is 0 Å². The van der Waals surface area contributed by atoms with Crippen molar-refractivity contribution in [1.82, 2.24) is 10.2 Å². The third-order valence-corrected chi connectivity index (χ3v) is 8.65. The molecular weight excluding hydrogens is 534 g/mol. The topological polar surface area (TPSA) is 86.8 Å². The van der Waals surface area contributed by atoms with Crippen LogP contribution in [0.15, 0.2) is 77.7 Å². The zero-order valence-electron chi connectivity index (χ0n) is 23.0. The lowest BCUT2D eigenvalue weighted by atomic mass is 10.1. The van der Waals surface area contributed by atoms with Gasteiger partial charge >= 0.3 is 0 Å². The molecule has 0 aliphatic rings. The molecule has 3 aromatic rings. The molecule has 0 aromatic heterocycles. The van der Waals surface area contributed by atoms with Crippen molar-refractivity contribution in [3.05, 3.63) is 94.5 Å². The molecule has 0 heterocycles. The highest BCUT2D eigenvalue weighted by molar-refractivity contribution is 7.92. The summed E-state index contributed by atoms with van der Waals surface area (Å²) in [5.74, 6) is -0.829. The summed E-state index contributed by atoms with van der Waals surface area (Å²) < 4.78 is 28.9. The van der Waals surface area contributed by atoms with Gasteiger partial charge in [-0.15, -0.1) is 0 Å². The summed E-state index contributed by atoms with van der Waals surface area (Å²) in [6.07, 6.45) is 0.733. The van der Waals surface area contributed by atoms with Crippen molar-refractivity contribution in [2.45, 2.75) is 64.6 Å². The Morgan fingerprint density at radius 3 is 2.26 bits per heavy atom. The van der Waals surface area contributed by atoms with Crippen LogP contribution in [0.1, 0.15) is 43.9 Å². The second-order valence-electron chi connectivity index (χ2n) is 9.76. The Kier molecular flexibility index (Phi) is 10.2. The zero-order chi connectivity index (χ0) is 28.7. The monoisotopic (exact) mass is 569 g/mol. The molecule has 3 aromatic carbocycles. The van der Waals surface area contributed by atoms with Crippen molar-refractivity contribution in [2.24, 2.45) is 0 Å². The third kappa shape index (κ3) is 7.61. The van der Waals surface area contributed by atoms with E-state index in [-0.39, 0.29) is 23.4 Å². The van der Waals surface area contributed by atoms with Crippen molar-refractivity contribution in [3.63, 3.8) is 0 Å². The molecule has 3 rings (SSSR count). The summed E-state index contributed by atoms with van der Waals surface area (Å²) in [5, 5.41) is 3.43. The molecule has 7 nitrogen and oxygen atoms in total. The maximum atomic E-state index is 14.0. The van der Waals surface area contributed by atoms with E-state index in [0.29, 0.717) is 16.3 Å². The Labute approximate surface area is 236 Å². The number of halogens is 1. The fourth-order valence-electron chi connectivity index (χ4n) is 4.20. The second kappa shape index (κ2) is 13.1. The van der Waals surface area contributed by atoms with Gasteiger partial charge in [-0.25, -0.2) is 8.42 Å². The second-order valence-corrected chi connectivity index (χ2v) is 12.1. The van der Waals surface area contributed by atoms with E-state index in [1.54, 1.807) is 49.4 Å². The Balaban J connectivity index is 2.05. The van der Waals surface area contributed by atoms with Crippen LogP contribution in [-0.2, 0) is 26.2 Å². The molecule has 0 saturated carbocycles. The summed E-state index contributed by atoms with van der Waals surface area (Å²) in [6.45, 7) is 8.83. The molecular formula is C30H36ClN3O4S. The maximum absolute atomic E-state index is 14.0. The predicted molar refractivity (Wildman–Crippen MR) is 156 cm³/mol. The van der Waals surface area contributed by atoms with E-state index < -0.39 is 28.5 Å². The van der Waals surface area contributed by atoms with Crippen molar-refractivity contribution in [3.8, 4) is 0 Å². The molecule has 0 fully saturated rings. The maximum Gasteiger partial charge on any atom is 0.264 e.